The molecule has 1 fully saturated rings. The minimum atomic E-state index is -4.59. The van der Waals surface area contributed by atoms with Gasteiger partial charge in [-0.3, -0.25) is 9.48 Å². The third-order valence-electron chi connectivity index (χ3n) is 4.39. The fraction of sp³-hybridized carbons (Fsp3) is 0.750. The molecule has 1 saturated carbocycles. The van der Waals surface area contributed by atoms with Crippen LogP contribution in [0.5, 0.6) is 0 Å². The number of aromatic nitrogens is 2. The van der Waals surface area contributed by atoms with Gasteiger partial charge in [-0.1, -0.05) is 32.4 Å². The number of carbonyl (C=O) groups excluding carboxylic acids is 1. The quantitative estimate of drug-likeness (QED) is 0.842. The van der Waals surface area contributed by atoms with E-state index in [0.29, 0.717) is 5.69 Å². The van der Waals surface area contributed by atoms with Crippen LogP contribution in [0.3, 0.4) is 0 Å². The fourth-order valence-electron chi connectivity index (χ4n) is 2.29. The maximum atomic E-state index is 13.0. The van der Waals surface area contributed by atoms with Gasteiger partial charge < -0.3 is 5.32 Å². The predicted octanol–water partition coefficient (Wildman–Crippen LogP) is 4.37. The molecule has 0 bridgehead atoms. The van der Waals surface area contributed by atoms with Crippen molar-refractivity contribution in [1.29, 1.82) is 0 Å². The van der Waals surface area contributed by atoms with Gasteiger partial charge in [-0.2, -0.15) is 18.3 Å². The SMILES string of the molecule is CC(NC(=O)CCn1nc(C(F)(F)F)c(Cl)c1C1CC1)C(C)(C)C. The average Bonchev–Trinajstić information content (AvgIpc) is 3.18. The zero-order valence-electron chi connectivity index (χ0n) is 14.3. The molecule has 1 amide bonds. The van der Waals surface area contributed by atoms with Crippen LogP contribution in [0.25, 0.3) is 0 Å². The Kier molecular flexibility index (Phi) is 5.23. The number of halogens is 4. The van der Waals surface area contributed by atoms with Gasteiger partial charge in [0.05, 0.1) is 17.3 Å². The third kappa shape index (κ3) is 4.43. The van der Waals surface area contributed by atoms with Crippen LogP contribution in [-0.2, 0) is 17.5 Å². The van der Waals surface area contributed by atoms with E-state index in [2.05, 4.69) is 10.4 Å². The van der Waals surface area contributed by atoms with E-state index in [9.17, 15) is 18.0 Å². The molecule has 1 atom stereocenters. The summed E-state index contributed by atoms with van der Waals surface area (Å²) in [5.41, 5.74) is -0.747. The molecule has 1 unspecified atom stereocenters. The highest BCUT2D eigenvalue weighted by Gasteiger charge is 2.42. The van der Waals surface area contributed by atoms with E-state index in [1.165, 1.54) is 4.68 Å². The van der Waals surface area contributed by atoms with Gasteiger partial charge in [0.25, 0.3) is 0 Å². The van der Waals surface area contributed by atoms with Gasteiger partial charge >= 0.3 is 6.18 Å². The molecule has 1 N–H and O–H groups in total. The molecule has 1 heterocycles. The smallest absolute Gasteiger partial charge is 0.353 e. The van der Waals surface area contributed by atoms with Gasteiger partial charge in [-0.05, 0) is 25.2 Å². The number of alkyl halides is 3. The second-order valence-electron chi connectivity index (χ2n) is 7.45. The molecule has 136 valence electrons. The van der Waals surface area contributed by atoms with Crippen LogP contribution in [0, 0.1) is 5.41 Å². The molecule has 1 aromatic heterocycles. The summed E-state index contributed by atoms with van der Waals surface area (Å²) in [5, 5.41) is 6.17. The number of amides is 1. The second kappa shape index (κ2) is 6.58. The maximum Gasteiger partial charge on any atom is 0.436 e. The van der Waals surface area contributed by atoms with E-state index < -0.39 is 11.9 Å². The van der Waals surface area contributed by atoms with Gasteiger partial charge in [0.1, 0.15) is 0 Å². The lowest BCUT2D eigenvalue weighted by Gasteiger charge is -2.28. The van der Waals surface area contributed by atoms with Gasteiger partial charge in [-0.15, -0.1) is 0 Å². The van der Waals surface area contributed by atoms with Gasteiger partial charge in [0.2, 0.25) is 5.91 Å². The highest BCUT2D eigenvalue weighted by Crippen LogP contribution is 2.46. The van der Waals surface area contributed by atoms with Crippen LogP contribution in [-0.4, -0.2) is 21.7 Å². The van der Waals surface area contributed by atoms with Crippen molar-refractivity contribution in [3.05, 3.63) is 16.4 Å². The molecule has 8 heteroatoms. The molecule has 0 aromatic carbocycles. The van der Waals surface area contributed by atoms with Crippen LogP contribution in [0.1, 0.15) is 64.3 Å². The Labute approximate surface area is 144 Å². The molecule has 24 heavy (non-hydrogen) atoms. The van der Waals surface area contributed by atoms with Crippen molar-refractivity contribution in [2.45, 2.75) is 71.6 Å². The Hall–Kier alpha value is -1.24. The Bertz CT molecular complexity index is 615. The average molecular weight is 366 g/mol. The van der Waals surface area contributed by atoms with Crippen molar-refractivity contribution in [2.75, 3.05) is 0 Å². The standard InChI is InChI=1S/C16H23ClF3N3O/c1-9(15(2,3)4)21-11(24)7-8-23-13(10-5-6-10)12(17)14(22-23)16(18,19)20/h9-10H,5-8H2,1-4H3,(H,21,24). The van der Waals surface area contributed by atoms with Crippen molar-refractivity contribution in [2.24, 2.45) is 5.41 Å². The van der Waals surface area contributed by atoms with Crippen LogP contribution >= 0.6 is 11.6 Å². The first-order chi connectivity index (χ1) is 10.9. The Morgan fingerprint density at radius 1 is 1.38 bits per heavy atom. The lowest BCUT2D eigenvalue weighted by Crippen LogP contribution is -2.41. The largest absolute Gasteiger partial charge is 0.436 e. The van der Waals surface area contributed by atoms with Crippen molar-refractivity contribution in [3.63, 3.8) is 0 Å². The van der Waals surface area contributed by atoms with E-state index in [1.807, 2.05) is 27.7 Å². The molecule has 1 aliphatic carbocycles. The lowest BCUT2D eigenvalue weighted by atomic mass is 9.88. The van der Waals surface area contributed by atoms with Gasteiger partial charge in [-0.25, -0.2) is 0 Å². The Balaban J connectivity index is 2.08. The lowest BCUT2D eigenvalue weighted by molar-refractivity contribution is -0.141. The van der Waals surface area contributed by atoms with Gasteiger partial charge in [0, 0.05) is 18.4 Å². The van der Waals surface area contributed by atoms with Crippen LogP contribution < -0.4 is 5.32 Å². The van der Waals surface area contributed by atoms with Crippen molar-refractivity contribution >= 4 is 17.5 Å². The van der Waals surface area contributed by atoms with Crippen LogP contribution in [0.4, 0.5) is 13.2 Å². The number of hydrogen-bond donors (Lipinski definition) is 1. The Morgan fingerprint density at radius 3 is 2.42 bits per heavy atom. The van der Waals surface area contributed by atoms with Crippen molar-refractivity contribution < 1.29 is 18.0 Å². The summed E-state index contributed by atoms with van der Waals surface area (Å²) < 4.78 is 40.2. The summed E-state index contributed by atoms with van der Waals surface area (Å²) in [4.78, 5) is 12.1. The molecule has 0 aliphatic heterocycles. The van der Waals surface area contributed by atoms with E-state index in [0.717, 1.165) is 12.8 Å². The molecule has 4 nitrogen and oxygen atoms in total. The van der Waals surface area contributed by atoms with Gasteiger partial charge in [0.15, 0.2) is 5.69 Å². The molecule has 2 rings (SSSR count). The zero-order valence-corrected chi connectivity index (χ0v) is 15.1. The Morgan fingerprint density at radius 2 is 1.96 bits per heavy atom. The fourth-order valence-corrected chi connectivity index (χ4v) is 2.69. The molecular formula is C16H23ClF3N3O. The number of nitrogens with one attached hydrogen (secondary N) is 1. The summed E-state index contributed by atoms with van der Waals surface area (Å²) in [6.45, 7) is 8.01. The molecule has 0 saturated heterocycles. The van der Waals surface area contributed by atoms with Crippen LogP contribution in [0.2, 0.25) is 5.02 Å². The van der Waals surface area contributed by atoms with E-state index >= 15 is 0 Å². The topological polar surface area (TPSA) is 46.9 Å². The van der Waals surface area contributed by atoms with Crippen LogP contribution in [0.15, 0.2) is 0 Å². The summed E-state index contributed by atoms with van der Waals surface area (Å²) in [6.07, 6.45) is -2.92. The van der Waals surface area contributed by atoms with Crippen molar-refractivity contribution in [3.8, 4) is 0 Å². The van der Waals surface area contributed by atoms with E-state index in [-0.39, 0.29) is 41.3 Å². The molecule has 0 spiro atoms. The maximum absolute atomic E-state index is 13.0. The first kappa shape index (κ1) is 19.1. The minimum absolute atomic E-state index is 0.0117. The first-order valence-electron chi connectivity index (χ1n) is 8.04. The minimum Gasteiger partial charge on any atom is -0.353 e. The summed E-state index contributed by atoms with van der Waals surface area (Å²) >= 11 is 5.90. The summed E-state index contributed by atoms with van der Waals surface area (Å²) in [6, 6.07) is -0.0418. The monoisotopic (exact) mass is 365 g/mol. The molecule has 1 aromatic rings. The number of carbonyl (C=O) groups is 1. The van der Waals surface area contributed by atoms with E-state index in [1.54, 1.807) is 0 Å². The first-order valence-corrected chi connectivity index (χ1v) is 8.41. The molecule has 0 radical (unpaired) electrons. The number of aryl methyl sites for hydroxylation is 1. The molecular weight excluding hydrogens is 343 g/mol. The third-order valence-corrected chi connectivity index (χ3v) is 4.76. The summed E-state index contributed by atoms with van der Waals surface area (Å²) in [7, 11) is 0. The normalized spacial score (nSPS) is 17.0. The van der Waals surface area contributed by atoms with E-state index in [4.69, 9.17) is 11.6 Å². The number of nitrogens with zero attached hydrogens (tertiary/aromatic N) is 2. The zero-order chi connectivity index (χ0) is 18.3. The molecule has 1 aliphatic rings. The van der Waals surface area contributed by atoms with Crippen molar-refractivity contribution in [1.82, 2.24) is 15.1 Å². The number of hydrogen-bond acceptors (Lipinski definition) is 2. The highest BCUT2D eigenvalue weighted by molar-refractivity contribution is 6.32. The highest BCUT2D eigenvalue weighted by atomic mass is 35.5. The predicted molar refractivity (Wildman–Crippen MR) is 85.9 cm³/mol. The number of rotatable bonds is 5. The second-order valence-corrected chi connectivity index (χ2v) is 7.83. The summed E-state index contributed by atoms with van der Waals surface area (Å²) in [5.74, 6) is -0.197.